The molecule has 4 rings (SSSR count). The molecule has 1 aliphatic carbocycles. The highest BCUT2D eigenvalue weighted by atomic mass is 19.3. The number of benzene rings is 1. The second-order valence-electron chi connectivity index (χ2n) is 8.83. The summed E-state index contributed by atoms with van der Waals surface area (Å²) < 4.78 is 32.3. The number of alkyl halides is 2. The van der Waals surface area contributed by atoms with Gasteiger partial charge in [0.15, 0.2) is 5.75 Å². The summed E-state index contributed by atoms with van der Waals surface area (Å²) in [6, 6.07) is 6.44. The SMILES string of the molecule is Cn1c2c(cc(C(=O)O)c1=O)[C@@H](C(C)(C)C)Cc1c-2cc(OC(F)F)c2ncccc12. The first-order valence-electron chi connectivity index (χ1n) is 9.83. The molecule has 6 nitrogen and oxygen atoms in total. The van der Waals surface area contributed by atoms with Gasteiger partial charge in [-0.2, -0.15) is 8.78 Å². The van der Waals surface area contributed by atoms with Crippen molar-refractivity contribution in [3.8, 4) is 17.0 Å². The third-order valence-corrected chi connectivity index (χ3v) is 5.94. The van der Waals surface area contributed by atoms with Gasteiger partial charge in [-0.1, -0.05) is 26.8 Å². The number of halogens is 2. The molecule has 0 amide bonds. The van der Waals surface area contributed by atoms with Crippen LogP contribution in [0.5, 0.6) is 5.75 Å². The summed E-state index contributed by atoms with van der Waals surface area (Å²) in [7, 11) is 1.50. The normalized spacial score (nSPS) is 15.6. The molecule has 0 bridgehead atoms. The number of rotatable bonds is 3. The topological polar surface area (TPSA) is 81.4 Å². The number of hydrogen-bond acceptors (Lipinski definition) is 4. The van der Waals surface area contributed by atoms with E-state index in [2.05, 4.69) is 4.98 Å². The van der Waals surface area contributed by atoms with Crippen molar-refractivity contribution in [1.29, 1.82) is 0 Å². The third kappa shape index (κ3) is 3.36. The highest BCUT2D eigenvalue weighted by Gasteiger charge is 2.37. The molecule has 1 aromatic carbocycles. The van der Waals surface area contributed by atoms with E-state index >= 15 is 0 Å². The van der Waals surface area contributed by atoms with Gasteiger partial charge >= 0.3 is 12.6 Å². The van der Waals surface area contributed by atoms with Crippen LogP contribution in [0, 0.1) is 5.41 Å². The van der Waals surface area contributed by atoms with Gasteiger partial charge in [0, 0.05) is 24.2 Å². The van der Waals surface area contributed by atoms with Gasteiger partial charge in [0.05, 0.1) is 5.69 Å². The first kappa shape index (κ1) is 21.0. The van der Waals surface area contributed by atoms with Crippen LogP contribution in [0.4, 0.5) is 8.78 Å². The van der Waals surface area contributed by atoms with Crippen LogP contribution in [0.3, 0.4) is 0 Å². The molecular weight excluding hydrogens is 406 g/mol. The lowest BCUT2D eigenvalue weighted by atomic mass is 9.68. The van der Waals surface area contributed by atoms with Crippen LogP contribution < -0.4 is 10.3 Å². The number of nitrogens with zero attached hydrogens (tertiary/aromatic N) is 2. The third-order valence-electron chi connectivity index (χ3n) is 5.94. The monoisotopic (exact) mass is 428 g/mol. The van der Waals surface area contributed by atoms with E-state index < -0.39 is 18.1 Å². The number of aromatic nitrogens is 2. The quantitative estimate of drug-likeness (QED) is 0.660. The maximum atomic E-state index is 13.1. The molecule has 3 aromatic rings. The number of pyridine rings is 2. The van der Waals surface area contributed by atoms with E-state index in [4.69, 9.17) is 4.74 Å². The van der Waals surface area contributed by atoms with Gasteiger partial charge in [-0.05, 0) is 47.1 Å². The van der Waals surface area contributed by atoms with Crippen molar-refractivity contribution >= 4 is 16.9 Å². The van der Waals surface area contributed by atoms with Crippen molar-refractivity contribution in [3.05, 3.63) is 57.5 Å². The minimum atomic E-state index is -3.04. The highest BCUT2D eigenvalue weighted by molar-refractivity contribution is 5.96. The average Bonchev–Trinajstić information content (AvgIpc) is 2.68. The molecule has 2 aromatic heterocycles. The molecule has 0 spiro atoms. The van der Waals surface area contributed by atoms with Gasteiger partial charge in [0.25, 0.3) is 5.56 Å². The fourth-order valence-corrected chi connectivity index (χ4v) is 4.50. The average molecular weight is 428 g/mol. The Labute approximate surface area is 177 Å². The minimum absolute atomic E-state index is 0.0840. The molecule has 1 atom stereocenters. The predicted molar refractivity (Wildman–Crippen MR) is 112 cm³/mol. The van der Waals surface area contributed by atoms with E-state index in [0.717, 1.165) is 5.56 Å². The lowest BCUT2D eigenvalue weighted by Gasteiger charge is -2.38. The molecule has 0 saturated carbocycles. The Morgan fingerprint density at radius 1 is 1.32 bits per heavy atom. The van der Waals surface area contributed by atoms with Crippen LogP contribution in [0.2, 0.25) is 0 Å². The number of ether oxygens (including phenoxy) is 1. The van der Waals surface area contributed by atoms with Gasteiger partial charge in [-0.15, -0.1) is 0 Å². The molecule has 0 unspecified atom stereocenters. The molecule has 1 N–H and O–H groups in total. The first-order chi connectivity index (χ1) is 14.5. The van der Waals surface area contributed by atoms with Crippen molar-refractivity contribution in [1.82, 2.24) is 9.55 Å². The second kappa shape index (κ2) is 7.14. The molecule has 0 radical (unpaired) electrons. The van der Waals surface area contributed by atoms with Crippen LogP contribution >= 0.6 is 0 Å². The molecule has 31 heavy (non-hydrogen) atoms. The summed E-state index contributed by atoms with van der Waals surface area (Å²) >= 11 is 0. The van der Waals surface area contributed by atoms with E-state index in [0.29, 0.717) is 34.1 Å². The van der Waals surface area contributed by atoms with Gasteiger partial charge < -0.3 is 14.4 Å². The fraction of sp³-hybridized carbons (Fsp3) is 0.348. The Balaban J connectivity index is 2.15. The summed E-state index contributed by atoms with van der Waals surface area (Å²) in [4.78, 5) is 28.7. The van der Waals surface area contributed by atoms with Gasteiger partial charge in [-0.3, -0.25) is 9.78 Å². The summed E-state index contributed by atoms with van der Waals surface area (Å²) in [5.41, 5.74) is 1.75. The molecule has 2 heterocycles. The van der Waals surface area contributed by atoms with Gasteiger partial charge in [0.1, 0.15) is 11.1 Å². The van der Waals surface area contributed by atoms with E-state index in [1.807, 2.05) is 20.8 Å². The van der Waals surface area contributed by atoms with E-state index in [-0.39, 0.29) is 22.6 Å². The van der Waals surface area contributed by atoms with Crippen molar-refractivity contribution in [2.45, 2.75) is 39.7 Å². The number of carbonyl (C=O) groups is 1. The van der Waals surface area contributed by atoms with Crippen molar-refractivity contribution in [2.75, 3.05) is 0 Å². The second-order valence-corrected chi connectivity index (χ2v) is 8.83. The predicted octanol–water partition coefficient (Wildman–Crippen LogP) is 4.59. The van der Waals surface area contributed by atoms with Crippen molar-refractivity contribution in [2.24, 2.45) is 12.5 Å². The number of carboxylic acids is 1. The smallest absolute Gasteiger partial charge is 0.387 e. The lowest BCUT2D eigenvalue weighted by Crippen LogP contribution is -2.32. The van der Waals surface area contributed by atoms with Crippen LogP contribution in [-0.4, -0.2) is 27.2 Å². The van der Waals surface area contributed by atoms with E-state index in [9.17, 15) is 23.5 Å². The molecule has 8 heteroatoms. The van der Waals surface area contributed by atoms with E-state index in [1.165, 1.54) is 29.9 Å². The maximum absolute atomic E-state index is 13.1. The molecule has 162 valence electrons. The zero-order valence-corrected chi connectivity index (χ0v) is 17.6. The van der Waals surface area contributed by atoms with Crippen molar-refractivity contribution < 1.29 is 23.4 Å². The number of fused-ring (bicyclic) bond motifs is 5. The number of carboxylic acid groups (broad SMARTS) is 1. The van der Waals surface area contributed by atoms with Crippen LogP contribution in [0.25, 0.3) is 22.2 Å². The maximum Gasteiger partial charge on any atom is 0.387 e. The summed E-state index contributed by atoms with van der Waals surface area (Å²) in [5.74, 6) is -1.49. The van der Waals surface area contributed by atoms with Crippen molar-refractivity contribution in [3.63, 3.8) is 0 Å². The molecule has 0 fully saturated rings. The summed E-state index contributed by atoms with van der Waals surface area (Å²) in [6.07, 6.45) is 2.06. The Morgan fingerprint density at radius 2 is 2.03 bits per heavy atom. The van der Waals surface area contributed by atoms with E-state index in [1.54, 1.807) is 12.1 Å². The van der Waals surface area contributed by atoms with Gasteiger partial charge in [-0.25, -0.2) is 4.79 Å². The Kier molecular flexibility index (Phi) is 4.83. The van der Waals surface area contributed by atoms with Crippen LogP contribution in [0.15, 0.2) is 35.3 Å². The summed E-state index contributed by atoms with van der Waals surface area (Å²) in [5, 5.41) is 10.2. The zero-order valence-electron chi connectivity index (χ0n) is 17.6. The largest absolute Gasteiger partial charge is 0.477 e. The first-order valence-corrected chi connectivity index (χ1v) is 9.83. The Morgan fingerprint density at radius 3 is 2.65 bits per heavy atom. The van der Waals surface area contributed by atoms with Crippen LogP contribution in [-0.2, 0) is 13.5 Å². The minimum Gasteiger partial charge on any atom is -0.477 e. The zero-order chi connectivity index (χ0) is 22.7. The van der Waals surface area contributed by atoms with Gasteiger partial charge in [0.2, 0.25) is 0 Å². The lowest BCUT2D eigenvalue weighted by molar-refractivity contribution is -0.0489. The number of aromatic carboxylic acids is 1. The van der Waals surface area contributed by atoms with Crippen LogP contribution in [0.1, 0.15) is 48.2 Å². The Bertz CT molecular complexity index is 1280. The standard InChI is InChI=1S/C23H22F2N2O4/c1-23(2,3)16-9-12-11-6-5-7-26-18(11)17(31-22(24)25)10-13(12)19-14(16)8-15(21(29)30)20(28)27(19)4/h5-8,10,16,22H,9H2,1-4H3,(H,29,30)/t16-/m0/s1. The Hall–Kier alpha value is -3.29. The molecule has 0 saturated heterocycles. The molecule has 0 aliphatic heterocycles. The molecule has 1 aliphatic rings. The highest BCUT2D eigenvalue weighted by Crippen LogP contribution is 2.50. The number of hydrogen-bond donors (Lipinski definition) is 1. The summed E-state index contributed by atoms with van der Waals surface area (Å²) in [6.45, 7) is 3.11. The molecular formula is C23H22F2N2O4. The fourth-order valence-electron chi connectivity index (χ4n) is 4.50.